The Morgan fingerprint density at radius 3 is 2.23 bits per heavy atom. The van der Waals surface area contributed by atoms with Gasteiger partial charge >= 0.3 is 0 Å². The summed E-state index contributed by atoms with van der Waals surface area (Å²) in [6.45, 7) is 3.78. The summed E-state index contributed by atoms with van der Waals surface area (Å²) >= 11 is 1.51. The van der Waals surface area contributed by atoms with Gasteiger partial charge in [0, 0.05) is 29.2 Å². The highest BCUT2D eigenvalue weighted by molar-refractivity contribution is 7.98. The highest BCUT2D eigenvalue weighted by atomic mass is 32.2. The molecule has 0 heterocycles. The normalized spacial score (nSPS) is 12.0. The predicted octanol–water partition coefficient (Wildman–Crippen LogP) is 4.48. The van der Waals surface area contributed by atoms with Crippen molar-refractivity contribution in [1.29, 1.82) is 0 Å². The van der Waals surface area contributed by atoms with Gasteiger partial charge in [-0.15, -0.1) is 0 Å². The zero-order chi connectivity index (χ0) is 25.2. The van der Waals surface area contributed by atoms with Gasteiger partial charge in [0.25, 0.3) is 17.5 Å². The van der Waals surface area contributed by atoms with Gasteiger partial charge in [0.1, 0.15) is 6.04 Å². The van der Waals surface area contributed by atoms with E-state index in [2.05, 4.69) is 15.8 Å². The molecule has 0 radical (unpaired) electrons. The lowest BCUT2D eigenvalue weighted by molar-refractivity contribution is -0.384. The van der Waals surface area contributed by atoms with Crippen molar-refractivity contribution >= 4 is 35.0 Å². The van der Waals surface area contributed by atoms with Gasteiger partial charge in [-0.1, -0.05) is 60.2 Å². The van der Waals surface area contributed by atoms with Gasteiger partial charge in [0.15, 0.2) is 0 Å². The lowest BCUT2D eigenvalue weighted by Crippen LogP contribution is -2.47. The molecule has 3 aromatic rings. The molecule has 180 valence electrons. The Bertz CT molecular complexity index is 1200. The van der Waals surface area contributed by atoms with Crippen LogP contribution in [0.4, 0.5) is 5.69 Å². The molecule has 2 N–H and O–H groups in total. The molecule has 0 unspecified atom stereocenters. The van der Waals surface area contributed by atoms with Crippen LogP contribution >= 0.6 is 11.8 Å². The predicted molar refractivity (Wildman–Crippen MR) is 138 cm³/mol. The monoisotopic (exact) mass is 490 g/mol. The number of carbonyl (C=O) groups is 2. The van der Waals surface area contributed by atoms with Crippen LogP contribution in [0.15, 0.2) is 84.0 Å². The van der Waals surface area contributed by atoms with Crippen molar-refractivity contribution in [3.8, 4) is 0 Å². The van der Waals surface area contributed by atoms with E-state index in [1.807, 2.05) is 61.5 Å². The maximum Gasteiger partial charge on any atom is 0.269 e. The summed E-state index contributed by atoms with van der Waals surface area (Å²) in [6.07, 6.45) is 0. The highest BCUT2D eigenvalue weighted by Crippen LogP contribution is 2.15. The summed E-state index contributed by atoms with van der Waals surface area (Å²) in [7, 11) is 0. The number of aryl methyl sites for hydroxylation is 1. The smallest absolute Gasteiger partial charge is 0.269 e. The Labute approximate surface area is 208 Å². The number of nitro benzene ring substituents is 1. The second kappa shape index (κ2) is 12.5. The molecule has 0 aliphatic rings. The molecule has 0 aliphatic heterocycles. The van der Waals surface area contributed by atoms with Gasteiger partial charge in [0.2, 0.25) is 0 Å². The summed E-state index contributed by atoms with van der Waals surface area (Å²) in [4.78, 5) is 36.0. The number of hydrazone groups is 1. The number of nitrogens with zero attached hydrogens (tertiary/aromatic N) is 2. The number of rotatable bonds is 10. The second-order valence-electron chi connectivity index (χ2n) is 7.87. The zero-order valence-electron chi connectivity index (χ0n) is 19.4. The molecule has 0 bridgehead atoms. The summed E-state index contributed by atoms with van der Waals surface area (Å²) in [5.41, 5.74) is 6.40. The molecular weight excluding hydrogens is 464 g/mol. The van der Waals surface area contributed by atoms with Gasteiger partial charge < -0.3 is 5.32 Å². The molecule has 1 atom stereocenters. The van der Waals surface area contributed by atoms with E-state index in [9.17, 15) is 19.7 Å². The Hall–Kier alpha value is -3.98. The quantitative estimate of drug-likeness (QED) is 0.247. The van der Waals surface area contributed by atoms with E-state index >= 15 is 0 Å². The third kappa shape index (κ3) is 7.79. The number of hydrogen-bond donors (Lipinski definition) is 2. The molecule has 0 saturated heterocycles. The van der Waals surface area contributed by atoms with Crippen LogP contribution in [0, 0.1) is 17.0 Å². The topological polar surface area (TPSA) is 114 Å². The summed E-state index contributed by atoms with van der Waals surface area (Å²) in [5, 5.41) is 17.8. The Balaban J connectivity index is 1.69. The number of non-ortho nitro benzene ring substituents is 1. The first-order valence-corrected chi connectivity index (χ1v) is 12.1. The van der Waals surface area contributed by atoms with Gasteiger partial charge in [0.05, 0.1) is 10.6 Å². The van der Waals surface area contributed by atoms with E-state index in [0.717, 1.165) is 16.7 Å². The van der Waals surface area contributed by atoms with Gasteiger partial charge in [-0.05, 0) is 37.1 Å². The lowest BCUT2D eigenvalue weighted by Gasteiger charge is -2.17. The molecule has 0 aliphatic carbocycles. The fraction of sp³-hybridized carbons (Fsp3) is 0.192. The van der Waals surface area contributed by atoms with Gasteiger partial charge in [-0.25, -0.2) is 5.43 Å². The third-order valence-electron chi connectivity index (χ3n) is 5.16. The molecule has 8 nitrogen and oxygen atoms in total. The summed E-state index contributed by atoms with van der Waals surface area (Å²) in [6, 6.07) is 21.9. The zero-order valence-corrected chi connectivity index (χ0v) is 20.2. The van der Waals surface area contributed by atoms with Crippen molar-refractivity contribution < 1.29 is 14.5 Å². The van der Waals surface area contributed by atoms with E-state index in [4.69, 9.17) is 0 Å². The van der Waals surface area contributed by atoms with Gasteiger partial charge in [-0.3, -0.25) is 19.7 Å². The van der Waals surface area contributed by atoms with Crippen LogP contribution in [-0.4, -0.2) is 34.2 Å². The van der Waals surface area contributed by atoms with Crippen molar-refractivity contribution in [1.82, 2.24) is 10.7 Å². The van der Waals surface area contributed by atoms with Crippen molar-refractivity contribution in [3.63, 3.8) is 0 Å². The highest BCUT2D eigenvalue weighted by Gasteiger charge is 2.22. The molecule has 0 saturated carbocycles. The van der Waals surface area contributed by atoms with Crippen LogP contribution in [0.5, 0.6) is 0 Å². The molecule has 0 fully saturated rings. The average Bonchev–Trinajstić information content (AvgIpc) is 2.87. The van der Waals surface area contributed by atoms with Gasteiger partial charge in [-0.2, -0.15) is 16.9 Å². The number of carbonyl (C=O) groups excluding carboxylic acids is 2. The number of hydrogen-bond acceptors (Lipinski definition) is 6. The molecule has 0 spiro atoms. The fourth-order valence-corrected chi connectivity index (χ4v) is 4.12. The molecule has 2 amide bonds. The molecule has 3 rings (SSSR count). The molecule has 9 heteroatoms. The molecule has 0 aromatic heterocycles. The maximum absolute atomic E-state index is 13.0. The van der Waals surface area contributed by atoms with Crippen LogP contribution < -0.4 is 10.7 Å². The van der Waals surface area contributed by atoms with Crippen LogP contribution in [0.1, 0.15) is 34.0 Å². The maximum atomic E-state index is 13.0. The fourth-order valence-electron chi connectivity index (χ4n) is 3.10. The molecular formula is C26H26N4O4S. The van der Waals surface area contributed by atoms with Crippen molar-refractivity contribution in [2.24, 2.45) is 5.10 Å². The number of benzene rings is 3. The first kappa shape index (κ1) is 25.6. The van der Waals surface area contributed by atoms with E-state index < -0.39 is 22.8 Å². The first-order chi connectivity index (χ1) is 16.8. The Morgan fingerprint density at radius 1 is 0.971 bits per heavy atom. The molecule has 35 heavy (non-hydrogen) atoms. The lowest BCUT2D eigenvalue weighted by atomic mass is 10.1. The van der Waals surface area contributed by atoms with Crippen LogP contribution in [0.2, 0.25) is 0 Å². The standard InChI is InChI=1S/C26H26N4O4S/c1-18-8-10-21(11-9-18)19(2)28-29-26(32)24(17-35-16-20-6-4-3-5-7-20)27-25(31)22-12-14-23(15-13-22)30(33)34/h3-15,24H,16-17H2,1-2H3,(H,27,31)(H,29,32)/t24-/m0/s1. The third-order valence-corrected chi connectivity index (χ3v) is 6.27. The Morgan fingerprint density at radius 2 is 1.60 bits per heavy atom. The first-order valence-electron chi connectivity index (χ1n) is 10.9. The van der Waals surface area contributed by atoms with Crippen LogP contribution in [-0.2, 0) is 10.5 Å². The van der Waals surface area contributed by atoms with E-state index in [0.29, 0.717) is 17.2 Å². The van der Waals surface area contributed by atoms with Crippen LogP contribution in [0.25, 0.3) is 0 Å². The largest absolute Gasteiger partial charge is 0.339 e. The average molecular weight is 491 g/mol. The number of thioether (sulfide) groups is 1. The van der Waals surface area contributed by atoms with Crippen molar-refractivity contribution in [2.45, 2.75) is 25.6 Å². The summed E-state index contributed by atoms with van der Waals surface area (Å²) in [5.74, 6) is 0.0364. The number of nitrogens with one attached hydrogen (secondary N) is 2. The minimum absolute atomic E-state index is 0.116. The van der Waals surface area contributed by atoms with E-state index in [-0.39, 0.29) is 11.3 Å². The van der Waals surface area contributed by atoms with E-state index in [1.54, 1.807) is 6.92 Å². The minimum Gasteiger partial charge on any atom is -0.339 e. The SMILES string of the molecule is CC(=NNC(=O)[C@H](CSCc1ccccc1)NC(=O)c1ccc([N+](=O)[O-])cc1)c1ccc(C)cc1. The molecule has 3 aromatic carbocycles. The number of nitro groups is 1. The van der Waals surface area contributed by atoms with Crippen molar-refractivity contribution in [2.75, 3.05) is 5.75 Å². The Kier molecular flexibility index (Phi) is 9.14. The minimum atomic E-state index is -0.860. The second-order valence-corrected chi connectivity index (χ2v) is 8.90. The van der Waals surface area contributed by atoms with Crippen LogP contribution in [0.3, 0.4) is 0 Å². The summed E-state index contributed by atoms with van der Waals surface area (Å²) < 4.78 is 0. The van der Waals surface area contributed by atoms with Crippen molar-refractivity contribution in [3.05, 3.63) is 111 Å². The number of amides is 2. The van der Waals surface area contributed by atoms with E-state index in [1.165, 1.54) is 36.0 Å².